The SMILES string of the molecule is NC(CSc1ccc(Br)cc1)CC1CC2CCC1C2. The molecule has 2 bridgehead atoms. The van der Waals surface area contributed by atoms with E-state index in [9.17, 15) is 0 Å². The van der Waals surface area contributed by atoms with Crippen LogP contribution < -0.4 is 5.73 Å². The van der Waals surface area contributed by atoms with Crippen molar-refractivity contribution in [1.82, 2.24) is 0 Å². The van der Waals surface area contributed by atoms with Crippen molar-refractivity contribution in [2.45, 2.75) is 43.0 Å². The van der Waals surface area contributed by atoms with Gasteiger partial charge in [0.25, 0.3) is 0 Å². The van der Waals surface area contributed by atoms with E-state index in [2.05, 4.69) is 40.2 Å². The standard InChI is InChI=1S/C16H22BrNS/c17-14-3-5-16(6-4-14)19-10-15(18)9-13-8-11-1-2-12(13)7-11/h3-6,11-13,15H,1-2,7-10,18H2. The van der Waals surface area contributed by atoms with Crippen LogP contribution in [0.2, 0.25) is 0 Å². The maximum absolute atomic E-state index is 6.33. The fourth-order valence-corrected chi connectivity index (χ4v) is 4.99. The minimum atomic E-state index is 0.359. The highest BCUT2D eigenvalue weighted by molar-refractivity contribution is 9.10. The Hall–Kier alpha value is 0.01000. The molecule has 2 aliphatic carbocycles. The first-order valence-corrected chi connectivity index (χ1v) is 9.12. The summed E-state index contributed by atoms with van der Waals surface area (Å²) in [5.41, 5.74) is 6.33. The number of halogens is 1. The highest BCUT2D eigenvalue weighted by Gasteiger charge is 2.39. The van der Waals surface area contributed by atoms with Gasteiger partial charge in [-0.15, -0.1) is 11.8 Å². The van der Waals surface area contributed by atoms with Crippen LogP contribution in [-0.2, 0) is 0 Å². The Morgan fingerprint density at radius 1 is 1.21 bits per heavy atom. The smallest absolute Gasteiger partial charge is 0.0176 e. The van der Waals surface area contributed by atoms with Gasteiger partial charge in [-0.25, -0.2) is 0 Å². The minimum Gasteiger partial charge on any atom is -0.327 e. The molecule has 0 aromatic heterocycles. The molecule has 2 saturated carbocycles. The van der Waals surface area contributed by atoms with Crippen LogP contribution in [0.15, 0.2) is 33.6 Å². The van der Waals surface area contributed by atoms with Crippen molar-refractivity contribution in [3.63, 3.8) is 0 Å². The topological polar surface area (TPSA) is 26.0 Å². The molecule has 104 valence electrons. The van der Waals surface area contributed by atoms with Gasteiger partial charge in [-0.1, -0.05) is 22.4 Å². The summed E-state index contributed by atoms with van der Waals surface area (Å²) in [6.07, 6.45) is 7.16. The molecule has 0 saturated heterocycles. The lowest BCUT2D eigenvalue weighted by molar-refractivity contribution is 0.301. The highest BCUT2D eigenvalue weighted by Crippen LogP contribution is 2.49. The first kappa shape index (κ1) is 14.0. The van der Waals surface area contributed by atoms with E-state index in [0.29, 0.717) is 6.04 Å². The zero-order chi connectivity index (χ0) is 13.2. The van der Waals surface area contributed by atoms with Crippen molar-refractivity contribution < 1.29 is 0 Å². The highest BCUT2D eigenvalue weighted by atomic mass is 79.9. The van der Waals surface area contributed by atoms with E-state index in [1.807, 2.05) is 11.8 Å². The minimum absolute atomic E-state index is 0.359. The molecule has 4 atom stereocenters. The van der Waals surface area contributed by atoms with Gasteiger partial charge in [-0.05, 0) is 67.7 Å². The lowest BCUT2D eigenvalue weighted by atomic mass is 9.85. The molecular formula is C16H22BrNS. The number of hydrogen-bond donors (Lipinski definition) is 1. The second kappa shape index (κ2) is 6.19. The van der Waals surface area contributed by atoms with Gasteiger partial charge in [0.2, 0.25) is 0 Å². The van der Waals surface area contributed by atoms with E-state index < -0.39 is 0 Å². The van der Waals surface area contributed by atoms with Gasteiger partial charge in [0.15, 0.2) is 0 Å². The molecular weight excluding hydrogens is 318 g/mol. The van der Waals surface area contributed by atoms with Crippen LogP contribution >= 0.6 is 27.7 Å². The predicted molar refractivity (Wildman–Crippen MR) is 86.4 cm³/mol. The summed E-state index contributed by atoms with van der Waals surface area (Å²) in [7, 11) is 0. The summed E-state index contributed by atoms with van der Waals surface area (Å²) in [6.45, 7) is 0. The average molecular weight is 340 g/mol. The predicted octanol–water partition coefficient (Wildman–Crippen LogP) is 4.69. The zero-order valence-corrected chi connectivity index (χ0v) is 13.6. The van der Waals surface area contributed by atoms with Gasteiger partial charge < -0.3 is 5.73 Å². The van der Waals surface area contributed by atoms with Gasteiger partial charge in [0, 0.05) is 21.2 Å². The van der Waals surface area contributed by atoms with Crippen molar-refractivity contribution in [1.29, 1.82) is 0 Å². The molecule has 0 radical (unpaired) electrons. The normalized spacial score (nSPS) is 30.7. The van der Waals surface area contributed by atoms with Crippen LogP contribution in [0.25, 0.3) is 0 Å². The molecule has 0 amide bonds. The number of nitrogens with two attached hydrogens (primary N) is 1. The average Bonchev–Trinajstić information content (AvgIpc) is 3.00. The lowest BCUT2D eigenvalue weighted by Gasteiger charge is -2.24. The summed E-state index contributed by atoms with van der Waals surface area (Å²) in [4.78, 5) is 1.33. The van der Waals surface area contributed by atoms with Crippen LogP contribution in [-0.4, -0.2) is 11.8 Å². The first-order chi connectivity index (χ1) is 9.20. The van der Waals surface area contributed by atoms with Crippen LogP contribution in [0.1, 0.15) is 32.1 Å². The Morgan fingerprint density at radius 3 is 2.63 bits per heavy atom. The van der Waals surface area contributed by atoms with E-state index >= 15 is 0 Å². The molecule has 2 fully saturated rings. The molecule has 1 aromatic carbocycles. The summed E-state index contributed by atoms with van der Waals surface area (Å²) in [5.74, 6) is 4.03. The van der Waals surface area contributed by atoms with Crippen LogP contribution in [0.5, 0.6) is 0 Å². The Balaban J connectivity index is 1.44. The van der Waals surface area contributed by atoms with E-state index in [1.165, 1.54) is 37.0 Å². The second-order valence-electron chi connectivity index (χ2n) is 6.20. The van der Waals surface area contributed by atoms with E-state index in [-0.39, 0.29) is 0 Å². The number of rotatable bonds is 5. The van der Waals surface area contributed by atoms with Crippen molar-refractivity contribution in [2.24, 2.45) is 23.5 Å². The lowest BCUT2D eigenvalue weighted by Crippen LogP contribution is -2.28. The third-order valence-corrected chi connectivity index (χ3v) is 6.50. The van der Waals surface area contributed by atoms with Crippen LogP contribution in [0.4, 0.5) is 0 Å². The Bertz CT molecular complexity index is 419. The van der Waals surface area contributed by atoms with Crippen molar-refractivity contribution >= 4 is 27.7 Å². The molecule has 3 rings (SSSR count). The molecule has 0 heterocycles. The summed E-state index contributed by atoms with van der Waals surface area (Å²) in [6, 6.07) is 8.89. The summed E-state index contributed by atoms with van der Waals surface area (Å²) >= 11 is 5.36. The largest absolute Gasteiger partial charge is 0.327 e. The molecule has 1 aromatic rings. The monoisotopic (exact) mass is 339 g/mol. The number of fused-ring (bicyclic) bond motifs is 2. The van der Waals surface area contributed by atoms with Gasteiger partial charge in [0.05, 0.1) is 0 Å². The first-order valence-electron chi connectivity index (χ1n) is 7.34. The quantitative estimate of drug-likeness (QED) is 0.787. The van der Waals surface area contributed by atoms with Gasteiger partial charge in [-0.2, -0.15) is 0 Å². The second-order valence-corrected chi connectivity index (χ2v) is 8.20. The van der Waals surface area contributed by atoms with E-state index in [4.69, 9.17) is 5.73 Å². The molecule has 3 heteroatoms. The molecule has 0 aliphatic heterocycles. The fourth-order valence-electron chi connectivity index (χ4n) is 3.86. The van der Waals surface area contributed by atoms with Gasteiger partial charge in [-0.3, -0.25) is 0 Å². The Kier molecular flexibility index (Phi) is 4.55. The van der Waals surface area contributed by atoms with Crippen LogP contribution in [0.3, 0.4) is 0 Å². The third-order valence-electron chi connectivity index (χ3n) is 4.77. The molecule has 2 N–H and O–H groups in total. The Morgan fingerprint density at radius 2 is 2.00 bits per heavy atom. The van der Waals surface area contributed by atoms with Crippen LogP contribution in [0, 0.1) is 17.8 Å². The summed E-state index contributed by atoms with van der Waals surface area (Å²) in [5, 5.41) is 0. The molecule has 1 nitrogen and oxygen atoms in total. The fraction of sp³-hybridized carbons (Fsp3) is 0.625. The van der Waals surface area contributed by atoms with Gasteiger partial charge >= 0.3 is 0 Å². The van der Waals surface area contributed by atoms with Crippen molar-refractivity contribution in [3.8, 4) is 0 Å². The van der Waals surface area contributed by atoms with Crippen molar-refractivity contribution in [3.05, 3.63) is 28.7 Å². The number of thioether (sulfide) groups is 1. The van der Waals surface area contributed by atoms with E-state index in [0.717, 1.165) is 28.0 Å². The molecule has 19 heavy (non-hydrogen) atoms. The Labute approximate surface area is 128 Å². The maximum atomic E-state index is 6.33. The summed E-state index contributed by atoms with van der Waals surface area (Å²) < 4.78 is 1.14. The zero-order valence-electron chi connectivity index (χ0n) is 11.2. The molecule has 4 unspecified atom stereocenters. The third kappa shape index (κ3) is 3.56. The number of benzene rings is 1. The van der Waals surface area contributed by atoms with Crippen molar-refractivity contribution in [2.75, 3.05) is 5.75 Å². The van der Waals surface area contributed by atoms with E-state index in [1.54, 1.807) is 0 Å². The maximum Gasteiger partial charge on any atom is 0.0176 e. The van der Waals surface area contributed by atoms with Gasteiger partial charge in [0.1, 0.15) is 0 Å². The molecule has 2 aliphatic rings. The molecule has 0 spiro atoms. The number of hydrogen-bond acceptors (Lipinski definition) is 2.